The number of hydrogen-bond acceptors (Lipinski definition) is 4. The van der Waals surface area contributed by atoms with Gasteiger partial charge in [-0.05, 0) is 18.9 Å². The number of anilines is 1. The lowest BCUT2D eigenvalue weighted by Gasteiger charge is -2.31. The van der Waals surface area contributed by atoms with Crippen molar-refractivity contribution in [1.29, 1.82) is 0 Å². The summed E-state index contributed by atoms with van der Waals surface area (Å²) in [5.41, 5.74) is 0.789. The van der Waals surface area contributed by atoms with Crippen LogP contribution in [-0.4, -0.2) is 39.1 Å². The highest BCUT2D eigenvalue weighted by Gasteiger charge is 2.27. The topological polar surface area (TPSA) is 82.1 Å². The molecule has 0 unspecified atom stereocenters. The van der Waals surface area contributed by atoms with Gasteiger partial charge in [0, 0.05) is 19.3 Å². The summed E-state index contributed by atoms with van der Waals surface area (Å²) in [6.45, 7) is 1.37. The van der Waals surface area contributed by atoms with Crippen LogP contribution in [-0.2, 0) is 4.79 Å². The highest BCUT2D eigenvalue weighted by molar-refractivity contribution is 5.87. The van der Waals surface area contributed by atoms with Crippen molar-refractivity contribution in [1.82, 2.24) is 15.0 Å². The lowest BCUT2D eigenvalue weighted by atomic mass is 9.98. The maximum Gasteiger partial charge on any atom is 0.308 e. The van der Waals surface area contributed by atoms with Crippen LogP contribution in [0.2, 0.25) is 0 Å². The van der Waals surface area contributed by atoms with E-state index in [1.54, 1.807) is 0 Å². The third kappa shape index (κ3) is 1.79. The molecule has 2 aromatic heterocycles. The zero-order chi connectivity index (χ0) is 12.5. The minimum Gasteiger partial charge on any atom is -0.481 e. The van der Waals surface area contributed by atoms with Crippen LogP contribution in [0.4, 0.5) is 5.82 Å². The van der Waals surface area contributed by atoms with Gasteiger partial charge in [0.25, 0.3) is 0 Å². The smallest absolute Gasteiger partial charge is 0.308 e. The molecular weight excluding hydrogens is 232 g/mol. The van der Waals surface area contributed by atoms with E-state index in [1.807, 2.05) is 17.2 Å². The number of carboxylic acids is 1. The maximum absolute atomic E-state index is 11.1. The fourth-order valence-electron chi connectivity index (χ4n) is 2.48. The first-order valence-corrected chi connectivity index (χ1v) is 6.01. The molecule has 18 heavy (non-hydrogen) atoms. The molecule has 3 heterocycles. The summed E-state index contributed by atoms with van der Waals surface area (Å²) in [6, 6.07) is 1.93. The Labute approximate surface area is 104 Å². The van der Waals surface area contributed by atoms with Crippen LogP contribution < -0.4 is 4.90 Å². The number of rotatable bonds is 2. The molecule has 0 saturated carbocycles. The molecule has 0 bridgehead atoms. The van der Waals surface area contributed by atoms with E-state index >= 15 is 0 Å². The molecule has 1 saturated heterocycles. The van der Waals surface area contributed by atoms with E-state index in [4.69, 9.17) is 5.11 Å². The van der Waals surface area contributed by atoms with Crippen LogP contribution in [0, 0.1) is 5.92 Å². The van der Waals surface area contributed by atoms with E-state index in [1.165, 1.54) is 6.33 Å². The molecule has 2 N–H and O–H groups in total. The van der Waals surface area contributed by atoms with Gasteiger partial charge in [0.15, 0.2) is 0 Å². The van der Waals surface area contributed by atoms with E-state index in [0.29, 0.717) is 6.54 Å². The largest absolute Gasteiger partial charge is 0.481 e. The van der Waals surface area contributed by atoms with E-state index in [2.05, 4.69) is 15.0 Å². The predicted molar refractivity (Wildman–Crippen MR) is 66.5 cm³/mol. The molecular formula is C12H14N4O2. The van der Waals surface area contributed by atoms with Crippen molar-refractivity contribution >= 4 is 22.8 Å². The van der Waals surface area contributed by atoms with Crippen molar-refractivity contribution < 1.29 is 9.90 Å². The number of carboxylic acid groups (broad SMARTS) is 1. The van der Waals surface area contributed by atoms with Crippen molar-refractivity contribution in [2.24, 2.45) is 5.92 Å². The maximum atomic E-state index is 11.1. The van der Waals surface area contributed by atoms with Crippen LogP contribution in [0.5, 0.6) is 0 Å². The lowest BCUT2D eigenvalue weighted by Crippen LogP contribution is -2.39. The van der Waals surface area contributed by atoms with Crippen LogP contribution in [0.1, 0.15) is 12.8 Å². The van der Waals surface area contributed by atoms with Gasteiger partial charge in [0.05, 0.1) is 11.3 Å². The number of H-pyrrole nitrogens is 1. The molecule has 1 aliphatic rings. The fraction of sp³-hybridized carbons (Fsp3) is 0.417. The number of aromatic nitrogens is 3. The number of fused-ring (bicyclic) bond motifs is 1. The second-order valence-corrected chi connectivity index (χ2v) is 4.56. The van der Waals surface area contributed by atoms with Gasteiger partial charge in [0.1, 0.15) is 17.8 Å². The molecule has 2 aromatic rings. The SMILES string of the molecule is O=C(O)[C@@H]1CCCN(c2ncnc3[nH]ccc23)C1. The van der Waals surface area contributed by atoms with Crippen LogP contribution in [0.15, 0.2) is 18.6 Å². The molecule has 94 valence electrons. The Kier molecular flexibility index (Phi) is 2.62. The number of nitrogens with zero attached hydrogens (tertiary/aromatic N) is 3. The summed E-state index contributed by atoms with van der Waals surface area (Å²) in [5.74, 6) is -0.200. The Morgan fingerprint density at radius 3 is 3.22 bits per heavy atom. The third-order valence-electron chi connectivity index (χ3n) is 3.40. The molecule has 0 aromatic carbocycles. The van der Waals surface area contributed by atoms with E-state index in [9.17, 15) is 4.79 Å². The predicted octanol–water partition coefficient (Wildman–Crippen LogP) is 1.26. The van der Waals surface area contributed by atoms with Crippen LogP contribution >= 0.6 is 0 Å². The summed E-state index contributed by atoms with van der Waals surface area (Å²) in [7, 11) is 0. The van der Waals surface area contributed by atoms with Gasteiger partial charge in [-0.1, -0.05) is 0 Å². The molecule has 0 spiro atoms. The Morgan fingerprint density at radius 1 is 1.50 bits per heavy atom. The number of piperidine rings is 1. The average Bonchev–Trinajstić information content (AvgIpc) is 2.87. The number of carbonyl (C=O) groups is 1. The number of nitrogens with one attached hydrogen (secondary N) is 1. The van der Waals surface area contributed by atoms with Crippen LogP contribution in [0.3, 0.4) is 0 Å². The molecule has 0 radical (unpaired) electrons. The molecule has 6 nitrogen and oxygen atoms in total. The van der Waals surface area contributed by atoms with E-state index in [0.717, 1.165) is 36.2 Å². The first-order valence-electron chi connectivity index (χ1n) is 6.01. The summed E-state index contributed by atoms with van der Waals surface area (Å²) in [5, 5.41) is 10.1. The number of aliphatic carboxylic acids is 1. The van der Waals surface area contributed by atoms with Gasteiger partial charge in [-0.25, -0.2) is 9.97 Å². The zero-order valence-electron chi connectivity index (χ0n) is 9.83. The van der Waals surface area contributed by atoms with Gasteiger partial charge in [0.2, 0.25) is 0 Å². The molecule has 1 atom stereocenters. The highest BCUT2D eigenvalue weighted by Crippen LogP contribution is 2.26. The standard InChI is InChI=1S/C12H14N4O2/c17-12(18)8-2-1-5-16(6-8)11-9-3-4-13-10(9)14-7-15-11/h3-4,7-8H,1-2,5-6H2,(H,17,18)(H,13,14,15)/t8-/m1/s1. The first kappa shape index (κ1) is 11.0. The number of aromatic amines is 1. The number of hydrogen-bond donors (Lipinski definition) is 2. The monoisotopic (exact) mass is 246 g/mol. The molecule has 1 aliphatic heterocycles. The minimum atomic E-state index is -0.723. The molecule has 3 rings (SSSR count). The highest BCUT2D eigenvalue weighted by atomic mass is 16.4. The molecule has 0 aliphatic carbocycles. The van der Waals surface area contributed by atoms with Gasteiger partial charge < -0.3 is 15.0 Å². The van der Waals surface area contributed by atoms with Gasteiger partial charge in [-0.15, -0.1) is 0 Å². The fourth-order valence-corrected chi connectivity index (χ4v) is 2.48. The van der Waals surface area contributed by atoms with Crippen molar-refractivity contribution in [3.63, 3.8) is 0 Å². The van der Waals surface area contributed by atoms with Gasteiger partial charge >= 0.3 is 5.97 Å². The minimum absolute atomic E-state index is 0.303. The summed E-state index contributed by atoms with van der Waals surface area (Å²) < 4.78 is 0. The van der Waals surface area contributed by atoms with Crippen molar-refractivity contribution in [3.05, 3.63) is 18.6 Å². The third-order valence-corrected chi connectivity index (χ3v) is 3.40. The zero-order valence-corrected chi connectivity index (χ0v) is 9.83. The lowest BCUT2D eigenvalue weighted by molar-refractivity contribution is -0.141. The van der Waals surface area contributed by atoms with Crippen molar-refractivity contribution in [2.45, 2.75) is 12.8 Å². The summed E-state index contributed by atoms with van der Waals surface area (Å²) >= 11 is 0. The second kappa shape index (κ2) is 4.29. The summed E-state index contributed by atoms with van der Waals surface area (Å²) in [4.78, 5) is 24.6. The Morgan fingerprint density at radius 2 is 2.39 bits per heavy atom. The first-order chi connectivity index (χ1) is 8.75. The van der Waals surface area contributed by atoms with Crippen LogP contribution in [0.25, 0.3) is 11.0 Å². The molecule has 0 amide bonds. The normalized spacial score (nSPS) is 20.2. The quantitative estimate of drug-likeness (QED) is 0.833. The average molecular weight is 246 g/mol. The van der Waals surface area contributed by atoms with Gasteiger partial charge in [-0.2, -0.15) is 0 Å². The summed E-state index contributed by atoms with van der Waals surface area (Å²) in [6.07, 6.45) is 4.96. The van der Waals surface area contributed by atoms with Crippen molar-refractivity contribution in [2.75, 3.05) is 18.0 Å². The van der Waals surface area contributed by atoms with Crippen molar-refractivity contribution in [3.8, 4) is 0 Å². The second-order valence-electron chi connectivity index (χ2n) is 4.56. The van der Waals surface area contributed by atoms with E-state index < -0.39 is 5.97 Å². The molecule has 1 fully saturated rings. The Balaban J connectivity index is 1.94. The van der Waals surface area contributed by atoms with E-state index in [-0.39, 0.29) is 5.92 Å². The molecule has 6 heteroatoms. The Hall–Kier alpha value is -2.11. The van der Waals surface area contributed by atoms with Gasteiger partial charge in [-0.3, -0.25) is 4.79 Å². The Bertz CT molecular complexity index is 580.